The number of nitrogens with zero attached hydrogens (tertiary/aromatic N) is 1. The van der Waals surface area contributed by atoms with Gasteiger partial charge in [0.25, 0.3) is 0 Å². The molecule has 2 nitrogen and oxygen atoms in total. The third kappa shape index (κ3) is 6.79. The van der Waals surface area contributed by atoms with E-state index in [1.807, 2.05) is 0 Å². The van der Waals surface area contributed by atoms with Gasteiger partial charge in [0.2, 0.25) is 0 Å². The Morgan fingerprint density at radius 2 is 2.07 bits per heavy atom. The summed E-state index contributed by atoms with van der Waals surface area (Å²) in [5.74, 6) is 0.340. The number of hydrogen-bond acceptors (Lipinski definition) is 2. The molecule has 1 aromatic carbocycles. The predicted octanol–water partition coefficient (Wildman–Crippen LogP) is 6.66. The summed E-state index contributed by atoms with van der Waals surface area (Å²) < 4.78 is 6.44. The molecule has 3 heteroatoms. The molecule has 30 heavy (non-hydrogen) atoms. The second-order valence-electron chi connectivity index (χ2n) is 8.31. The number of hydrogen-bond donors (Lipinski definition) is 0. The zero-order valence-corrected chi connectivity index (χ0v) is 20.6. The molecule has 0 bridgehead atoms. The summed E-state index contributed by atoms with van der Waals surface area (Å²) >= 11 is 2.49. The van der Waals surface area contributed by atoms with Crippen LogP contribution >= 0.6 is 22.6 Å². The molecule has 1 saturated heterocycles. The van der Waals surface area contributed by atoms with E-state index < -0.39 is 0 Å². The topological polar surface area (TPSA) is 12.5 Å². The van der Waals surface area contributed by atoms with Gasteiger partial charge in [-0.25, -0.2) is 0 Å². The fourth-order valence-electron chi connectivity index (χ4n) is 4.18. The third-order valence-corrected chi connectivity index (χ3v) is 6.53. The minimum absolute atomic E-state index is 0.0755. The van der Waals surface area contributed by atoms with E-state index in [1.165, 1.54) is 16.7 Å². The second kappa shape index (κ2) is 11.3. The maximum absolute atomic E-state index is 6.36. The minimum atomic E-state index is 0.0755. The van der Waals surface area contributed by atoms with Gasteiger partial charge in [0.15, 0.2) is 0 Å². The highest BCUT2D eigenvalue weighted by Gasteiger charge is 2.30. The quantitative estimate of drug-likeness (QED) is 0.229. The molecule has 0 amide bonds. The molecular formula is C27H34INO. The van der Waals surface area contributed by atoms with Crippen molar-refractivity contribution in [2.24, 2.45) is 5.92 Å². The van der Waals surface area contributed by atoms with Gasteiger partial charge in [-0.1, -0.05) is 102 Å². The highest BCUT2D eigenvalue weighted by Crippen LogP contribution is 2.32. The number of allylic oxidation sites excluding steroid dienone is 9. The molecule has 2 aliphatic rings. The molecule has 1 heterocycles. The Morgan fingerprint density at radius 1 is 1.27 bits per heavy atom. The predicted molar refractivity (Wildman–Crippen MR) is 137 cm³/mol. The molecular weight excluding hydrogens is 481 g/mol. The summed E-state index contributed by atoms with van der Waals surface area (Å²) in [4.78, 5) is 2.54. The van der Waals surface area contributed by atoms with Gasteiger partial charge in [-0.05, 0) is 43.9 Å². The average molecular weight is 515 g/mol. The van der Waals surface area contributed by atoms with Crippen LogP contribution in [-0.4, -0.2) is 34.1 Å². The lowest BCUT2D eigenvalue weighted by Gasteiger charge is -2.38. The molecule has 160 valence electrons. The van der Waals surface area contributed by atoms with Crippen molar-refractivity contribution in [1.29, 1.82) is 0 Å². The molecule has 3 rings (SSSR count). The number of morpholine rings is 1. The van der Waals surface area contributed by atoms with Crippen molar-refractivity contribution < 1.29 is 4.74 Å². The Kier molecular flexibility index (Phi) is 8.72. The molecule has 0 radical (unpaired) electrons. The Labute approximate surface area is 196 Å². The zero-order valence-electron chi connectivity index (χ0n) is 18.4. The van der Waals surface area contributed by atoms with E-state index in [9.17, 15) is 0 Å². The first kappa shape index (κ1) is 23.2. The molecule has 0 saturated carbocycles. The summed E-state index contributed by atoms with van der Waals surface area (Å²) in [6, 6.07) is 10.8. The van der Waals surface area contributed by atoms with E-state index in [0.717, 1.165) is 32.7 Å². The summed E-state index contributed by atoms with van der Waals surface area (Å²) in [6.07, 6.45) is 19.2. The smallest absolute Gasteiger partial charge is 0.0774 e. The minimum Gasteiger partial charge on any atom is -0.375 e. The van der Waals surface area contributed by atoms with Crippen LogP contribution in [0.3, 0.4) is 0 Å². The van der Waals surface area contributed by atoms with Crippen molar-refractivity contribution in [3.05, 3.63) is 95.6 Å². The fraction of sp³-hybridized carbons (Fsp3) is 0.407. The van der Waals surface area contributed by atoms with Gasteiger partial charge in [0, 0.05) is 25.6 Å². The Bertz CT molecular complexity index is 832. The van der Waals surface area contributed by atoms with Gasteiger partial charge in [-0.15, -0.1) is 0 Å². The molecule has 0 spiro atoms. The Hall–Kier alpha value is -1.43. The number of halogens is 1. The molecule has 0 aromatic heterocycles. The summed E-state index contributed by atoms with van der Waals surface area (Å²) in [6.45, 7) is 10.2. The number of ether oxygens (including phenoxy) is 1. The van der Waals surface area contributed by atoms with Crippen LogP contribution in [0.4, 0.5) is 0 Å². The van der Waals surface area contributed by atoms with Crippen molar-refractivity contribution in [3.8, 4) is 0 Å². The largest absolute Gasteiger partial charge is 0.375 e. The summed E-state index contributed by atoms with van der Waals surface area (Å²) in [5, 5.41) is 0. The first-order chi connectivity index (χ1) is 14.5. The average Bonchev–Trinajstić information content (AvgIpc) is 2.91. The van der Waals surface area contributed by atoms with Gasteiger partial charge < -0.3 is 4.74 Å². The van der Waals surface area contributed by atoms with Crippen LogP contribution in [-0.2, 0) is 11.3 Å². The second-order valence-corrected chi connectivity index (χ2v) is 10.6. The third-order valence-electron chi connectivity index (χ3n) is 5.81. The van der Waals surface area contributed by atoms with Crippen molar-refractivity contribution in [3.63, 3.8) is 0 Å². The van der Waals surface area contributed by atoms with Gasteiger partial charge >= 0.3 is 0 Å². The van der Waals surface area contributed by atoms with Crippen LogP contribution in [0.2, 0.25) is 0 Å². The summed E-state index contributed by atoms with van der Waals surface area (Å²) in [7, 11) is 0. The molecule has 1 fully saturated rings. The van der Waals surface area contributed by atoms with Crippen LogP contribution in [0.15, 0.2) is 90.1 Å². The maximum atomic E-state index is 6.36. The van der Waals surface area contributed by atoms with Gasteiger partial charge in [-0.3, -0.25) is 4.90 Å². The van der Waals surface area contributed by atoms with E-state index in [2.05, 4.69) is 127 Å². The van der Waals surface area contributed by atoms with Crippen LogP contribution in [0.1, 0.15) is 32.8 Å². The number of benzene rings is 1. The monoisotopic (exact) mass is 515 g/mol. The SMILES string of the molecule is C/C=C\C(=C/C)C(CC1=CC=CC(C)(I)C=C1)[C@@H]1CN(Cc2ccccc2)CCO1. The lowest BCUT2D eigenvalue weighted by atomic mass is 9.85. The van der Waals surface area contributed by atoms with E-state index >= 15 is 0 Å². The molecule has 1 aliphatic carbocycles. The lowest BCUT2D eigenvalue weighted by molar-refractivity contribution is -0.0521. The van der Waals surface area contributed by atoms with E-state index in [0.29, 0.717) is 5.92 Å². The Balaban J connectivity index is 1.78. The molecule has 3 atom stereocenters. The van der Waals surface area contributed by atoms with Gasteiger partial charge in [0.1, 0.15) is 0 Å². The first-order valence-electron chi connectivity index (χ1n) is 10.9. The van der Waals surface area contributed by atoms with Crippen LogP contribution < -0.4 is 0 Å². The zero-order chi connectivity index (χ0) is 21.4. The van der Waals surface area contributed by atoms with Crippen molar-refractivity contribution in [2.75, 3.05) is 19.7 Å². The molecule has 1 aliphatic heterocycles. The van der Waals surface area contributed by atoms with Crippen LogP contribution in [0.25, 0.3) is 0 Å². The highest BCUT2D eigenvalue weighted by molar-refractivity contribution is 14.1. The van der Waals surface area contributed by atoms with Crippen molar-refractivity contribution in [2.45, 2.75) is 43.3 Å². The lowest BCUT2D eigenvalue weighted by Crippen LogP contribution is -2.45. The van der Waals surface area contributed by atoms with Crippen LogP contribution in [0, 0.1) is 5.92 Å². The summed E-state index contributed by atoms with van der Waals surface area (Å²) in [5.41, 5.74) is 4.10. The van der Waals surface area contributed by atoms with Gasteiger partial charge in [0.05, 0.1) is 16.1 Å². The fourth-order valence-corrected chi connectivity index (χ4v) is 4.57. The van der Waals surface area contributed by atoms with Crippen molar-refractivity contribution in [1.82, 2.24) is 4.90 Å². The normalized spacial score (nSPS) is 26.6. The molecule has 1 aromatic rings. The van der Waals surface area contributed by atoms with E-state index in [4.69, 9.17) is 4.74 Å². The molecule has 2 unspecified atom stereocenters. The Morgan fingerprint density at radius 3 is 2.80 bits per heavy atom. The number of alkyl halides is 1. The van der Waals surface area contributed by atoms with Gasteiger partial charge in [-0.2, -0.15) is 0 Å². The van der Waals surface area contributed by atoms with E-state index in [1.54, 1.807) is 0 Å². The number of rotatable bonds is 7. The highest BCUT2D eigenvalue weighted by atomic mass is 127. The van der Waals surface area contributed by atoms with E-state index in [-0.39, 0.29) is 9.53 Å². The standard InChI is InChI=1S/C27H34INO/c1-4-10-24(5-2)25(19-22-13-9-15-27(3,28)16-14-22)26-21-29(17-18-30-26)20-23-11-7-6-8-12-23/h4-16,25-26H,17-21H2,1-3H3/b10-4-,24-5+/t25?,26-,27?/m0/s1. The maximum Gasteiger partial charge on any atom is 0.0774 e. The van der Waals surface area contributed by atoms with Crippen LogP contribution in [0.5, 0.6) is 0 Å². The van der Waals surface area contributed by atoms with Crippen molar-refractivity contribution >= 4 is 22.6 Å². The molecule has 0 N–H and O–H groups in total. The first-order valence-corrected chi connectivity index (χ1v) is 12.0.